The normalized spacial score (nSPS) is 11.0. The Balaban J connectivity index is 1.46. The zero-order valence-corrected chi connectivity index (χ0v) is 20.4. The quantitative estimate of drug-likeness (QED) is 0.233. The monoisotopic (exact) mass is 492 g/mol. The van der Waals surface area contributed by atoms with E-state index >= 15 is 0 Å². The summed E-state index contributed by atoms with van der Waals surface area (Å²) < 4.78 is 13.2. The summed E-state index contributed by atoms with van der Waals surface area (Å²) in [6, 6.07) is 19.9. The molecule has 2 aromatic carbocycles. The van der Waals surface area contributed by atoms with E-state index in [-0.39, 0.29) is 0 Å². The van der Waals surface area contributed by atoms with Gasteiger partial charge in [-0.15, -0.1) is 32.9 Å². The number of benzene rings is 2. The number of rotatable bonds is 8. The lowest BCUT2D eigenvalue weighted by molar-refractivity contribution is 0.412. The van der Waals surface area contributed by atoms with Crippen LogP contribution in [-0.4, -0.2) is 34.0 Å². The SMILES string of the molecule is COc1ccccc1-c1nc(CSc2nnc(-c3cccs3)n2-c2ccccc2OC)cs1. The molecule has 0 atom stereocenters. The second kappa shape index (κ2) is 9.78. The van der Waals surface area contributed by atoms with Gasteiger partial charge < -0.3 is 9.47 Å². The Kier molecular flexibility index (Phi) is 6.43. The van der Waals surface area contributed by atoms with Gasteiger partial charge in [0, 0.05) is 11.1 Å². The molecule has 0 amide bonds. The summed E-state index contributed by atoms with van der Waals surface area (Å²) in [4.78, 5) is 5.88. The number of hydrogen-bond acceptors (Lipinski definition) is 8. The van der Waals surface area contributed by atoms with Crippen molar-refractivity contribution in [2.24, 2.45) is 0 Å². The van der Waals surface area contributed by atoms with Crippen molar-refractivity contribution in [3.8, 4) is 38.5 Å². The van der Waals surface area contributed by atoms with Crippen molar-refractivity contribution < 1.29 is 9.47 Å². The number of aromatic nitrogens is 4. The number of para-hydroxylation sites is 3. The molecule has 5 aromatic rings. The molecule has 3 aromatic heterocycles. The zero-order chi connectivity index (χ0) is 22.6. The first-order valence-electron chi connectivity index (χ1n) is 10.1. The largest absolute Gasteiger partial charge is 0.496 e. The third-order valence-corrected chi connectivity index (χ3v) is 7.69. The molecule has 0 saturated carbocycles. The van der Waals surface area contributed by atoms with Crippen molar-refractivity contribution >= 4 is 34.4 Å². The van der Waals surface area contributed by atoms with Crippen LogP contribution < -0.4 is 9.47 Å². The van der Waals surface area contributed by atoms with Crippen molar-refractivity contribution in [1.82, 2.24) is 19.7 Å². The average molecular weight is 493 g/mol. The van der Waals surface area contributed by atoms with Crippen LogP contribution in [0.3, 0.4) is 0 Å². The Morgan fingerprint density at radius 1 is 0.879 bits per heavy atom. The van der Waals surface area contributed by atoms with Crippen LogP contribution in [0, 0.1) is 0 Å². The first-order valence-corrected chi connectivity index (χ1v) is 12.9. The van der Waals surface area contributed by atoms with Gasteiger partial charge in [-0.25, -0.2) is 4.98 Å². The van der Waals surface area contributed by atoms with Crippen LogP contribution >= 0.6 is 34.4 Å². The van der Waals surface area contributed by atoms with E-state index < -0.39 is 0 Å². The van der Waals surface area contributed by atoms with Gasteiger partial charge >= 0.3 is 0 Å². The molecule has 0 radical (unpaired) electrons. The fraction of sp³-hybridized carbons (Fsp3) is 0.125. The van der Waals surface area contributed by atoms with E-state index in [2.05, 4.69) is 26.2 Å². The molecule has 33 heavy (non-hydrogen) atoms. The molecule has 166 valence electrons. The molecule has 0 aliphatic carbocycles. The molecule has 0 spiro atoms. The predicted molar refractivity (Wildman–Crippen MR) is 135 cm³/mol. The van der Waals surface area contributed by atoms with Gasteiger partial charge in [-0.3, -0.25) is 4.57 Å². The van der Waals surface area contributed by atoms with E-state index in [1.54, 1.807) is 48.7 Å². The number of nitrogens with zero attached hydrogens (tertiary/aromatic N) is 4. The van der Waals surface area contributed by atoms with Gasteiger partial charge in [0.25, 0.3) is 0 Å². The lowest BCUT2D eigenvalue weighted by atomic mass is 10.2. The summed E-state index contributed by atoms with van der Waals surface area (Å²) >= 11 is 4.85. The van der Waals surface area contributed by atoms with E-state index in [4.69, 9.17) is 14.5 Å². The first kappa shape index (κ1) is 21.7. The zero-order valence-electron chi connectivity index (χ0n) is 18.0. The van der Waals surface area contributed by atoms with E-state index in [0.29, 0.717) is 5.75 Å². The topological polar surface area (TPSA) is 62.1 Å². The maximum atomic E-state index is 5.63. The summed E-state index contributed by atoms with van der Waals surface area (Å²) in [5, 5.41) is 14.9. The number of thiazole rings is 1. The molecule has 0 unspecified atom stereocenters. The fourth-order valence-corrected chi connectivity index (χ4v) is 5.91. The molecule has 0 fully saturated rings. The van der Waals surface area contributed by atoms with Gasteiger partial charge in [0.1, 0.15) is 16.5 Å². The van der Waals surface area contributed by atoms with Crippen LogP contribution in [0.15, 0.2) is 76.6 Å². The Labute approximate surface area is 203 Å². The third-order valence-electron chi connectivity index (χ3n) is 4.94. The number of methoxy groups -OCH3 is 2. The molecule has 3 heterocycles. The highest BCUT2D eigenvalue weighted by Crippen LogP contribution is 2.36. The van der Waals surface area contributed by atoms with Gasteiger partial charge in [-0.1, -0.05) is 42.1 Å². The molecule has 0 saturated heterocycles. The highest BCUT2D eigenvalue weighted by atomic mass is 32.2. The van der Waals surface area contributed by atoms with Crippen LogP contribution in [0.4, 0.5) is 0 Å². The maximum Gasteiger partial charge on any atom is 0.196 e. The summed E-state index contributed by atoms with van der Waals surface area (Å²) in [6.07, 6.45) is 0. The molecule has 6 nitrogen and oxygen atoms in total. The molecule has 0 N–H and O–H groups in total. The molecule has 0 aliphatic rings. The fourth-order valence-electron chi connectivity index (χ4n) is 3.42. The van der Waals surface area contributed by atoms with Crippen LogP contribution in [0.25, 0.3) is 27.0 Å². The summed E-state index contributed by atoms with van der Waals surface area (Å²) in [6.45, 7) is 0. The highest BCUT2D eigenvalue weighted by Gasteiger charge is 2.20. The van der Waals surface area contributed by atoms with E-state index in [1.807, 2.05) is 60.0 Å². The van der Waals surface area contributed by atoms with Crippen LogP contribution in [0.5, 0.6) is 11.5 Å². The van der Waals surface area contributed by atoms with Crippen LogP contribution in [0.1, 0.15) is 5.69 Å². The Morgan fingerprint density at radius 3 is 2.45 bits per heavy atom. The lowest BCUT2D eigenvalue weighted by Crippen LogP contribution is -2.01. The van der Waals surface area contributed by atoms with Crippen molar-refractivity contribution in [1.29, 1.82) is 0 Å². The van der Waals surface area contributed by atoms with Crippen LogP contribution in [-0.2, 0) is 5.75 Å². The van der Waals surface area contributed by atoms with E-state index in [0.717, 1.165) is 49.3 Å². The molecule has 5 rings (SSSR count). The number of hydrogen-bond donors (Lipinski definition) is 0. The van der Waals surface area contributed by atoms with Crippen molar-refractivity contribution in [2.45, 2.75) is 10.9 Å². The Hall–Kier alpha value is -3.14. The molecule has 0 bridgehead atoms. The standard InChI is InChI=1S/C24H20N4O2S3/c1-29-19-10-5-3-8-17(19)23-25-16(14-32-23)15-33-24-27-26-22(21-12-7-13-31-21)28(24)18-9-4-6-11-20(18)30-2/h3-14H,15H2,1-2H3. The van der Waals surface area contributed by atoms with Crippen molar-refractivity contribution in [3.05, 3.63) is 77.1 Å². The number of thioether (sulfide) groups is 1. The third kappa shape index (κ3) is 4.39. The lowest BCUT2D eigenvalue weighted by Gasteiger charge is -2.13. The molecular weight excluding hydrogens is 472 g/mol. The summed E-state index contributed by atoms with van der Waals surface area (Å²) in [5.41, 5.74) is 2.89. The van der Waals surface area contributed by atoms with E-state index in [9.17, 15) is 0 Å². The van der Waals surface area contributed by atoms with E-state index in [1.165, 1.54) is 0 Å². The highest BCUT2D eigenvalue weighted by molar-refractivity contribution is 7.98. The Bertz CT molecular complexity index is 1360. The smallest absolute Gasteiger partial charge is 0.196 e. The van der Waals surface area contributed by atoms with Crippen molar-refractivity contribution in [2.75, 3.05) is 14.2 Å². The van der Waals surface area contributed by atoms with Gasteiger partial charge in [0.05, 0.1) is 36.0 Å². The predicted octanol–water partition coefficient (Wildman–Crippen LogP) is 6.43. The first-order chi connectivity index (χ1) is 16.3. The molecular formula is C24H20N4O2S3. The van der Waals surface area contributed by atoms with Gasteiger partial charge in [-0.2, -0.15) is 0 Å². The summed E-state index contributed by atoms with van der Waals surface area (Å²) in [5.74, 6) is 3.06. The average Bonchev–Trinajstić information content (AvgIpc) is 3.63. The second-order valence-corrected chi connectivity index (χ2v) is 9.67. The second-order valence-electron chi connectivity index (χ2n) is 6.92. The molecule has 9 heteroatoms. The maximum absolute atomic E-state index is 5.63. The van der Waals surface area contributed by atoms with Gasteiger partial charge in [-0.05, 0) is 35.7 Å². The number of ether oxygens (including phenoxy) is 2. The van der Waals surface area contributed by atoms with Crippen LogP contribution in [0.2, 0.25) is 0 Å². The van der Waals surface area contributed by atoms with Crippen molar-refractivity contribution in [3.63, 3.8) is 0 Å². The van der Waals surface area contributed by atoms with Gasteiger partial charge in [0.2, 0.25) is 0 Å². The molecule has 0 aliphatic heterocycles. The number of thiophene rings is 1. The summed E-state index contributed by atoms with van der Waals surface area (Å²) in [7, 11) is 3.36. The minimum Gasteiger partial charge on any atom is -0.496 e. The minimum absolute atomic E-state index is 0.670. The minimum atomic E-state index is 0.670. The Morgan fingerprint density at radius 2 is 1.67 bits per heavy atom. The van der Waals surface area contributed by atoms with Gasteiger partial charge in [0.15, 0.2) is 11.0 Å².